The molecule has 0 heterocycles. The molecule has 0 aliphatic carbocycles. The van der Waals surface area contributed by atoms with E-state index in [1.165, 1.54) is 12.8 Å². The maximum atomic E-state index is 5.87. The van der Waals surface area contributed by atoms with E-state index in [0.29, 0.717) is 12.1 Å². The zero-order chi connectivity index (χ0) is 10.3. The fraction of sp³-hybridized carbons (Fsp3) is 1.00. The van der Waals surface area contributed by atoms with Crippen LogP contribution >= 0.6 is 0 Å². The molecule has 0 radical (unpaired) electrons. The van der Waals surface area contributed by atoms with Crippen LogP contribution in [0.25, 0.3) is 0 Å². The van der Waals surface area contributed by atoms with Crippen molar-refractivity contribution in [2.75, 3.05) is 13.6 Å². The second kappa shape index (κ2) is 7.34. The van der Waals surface area contributed by atoms with E-state index in [2.05, 4.69) is 32.7 Å². The molecule has 0 aromatic carbocycles. The summed E-state index contributed by atoms with van der Waals surface area (Å²) in [4.78, 5) is 2.42. The molecule has 0 aromatic rings. The summed E-state index contributed by atoms with van der Waals surface area (Å²) in [6.07, 6.45) is 4.78. The largest absolute Gasteiger partial charge is 0.328 e. The van der Waals surface area contributed by atoms with Gasteiger partial charge in [0, 0.05) is 12.1 Å². The van der Waals surface area contributed by atoms with Gasteiger partial charge in [-0.3, -0.25) is 0 Å². The van der Waals surface area contributed by atoms with E-state index < -0.39 is 0 Å². The van der Waals surface area contributed by atoms with E-state index in [1.807, 2.05) is 0 Å². The molecule has 0 saturated carbocycles. The zero-order valence-electron chi connectivity index (χ0n) is 9.71. The van der Waals surface area contributed by atoms with E-state index >= 15 is 0 Å². The molecule has 0 aliphatic heterocycles. The molecule has 2 N–H and O–H groups in total. The third kappa shape index (κ3) is 6.05. The first-order valence-electron chi connectivity index (χ1n) is 5.57. The van der Waals surface area contributed by atoms with Crippen molar-refractivity contribution in [1.29, 1.82) is 0 Å². The second-order valence-electron chi connectivity index (χ2n) is 4.08. The van der Waals surface area contributed by atoms with Crippen LogP contribution in [0.3, 0.4) is 0 Å². The predicted molar refractivity (Wildman–Crippen MR) is 59.9 cm³/mol. The van der Waals surface area contributed by atoms with Crippen LogP contribution < -0.4 is 5.73 Å². The minimum Gasteiger partial charge on any atom is -0.328 e. The Bertz CT molecular complexity index is 115. The number of hydrogen-bond donors (Lipinski definition) is 1. The highest BCUT2D eigenvalue weighted by atomic mass is 15.1. The lowest BCUT2D eigenvalue weighted by Gasteiger charge is -2.25. The van der Waals surface area contributed by atoms with Gasteiger partial charge in [-0.2, -0.15) is 0 Å². The number of hydrogen-bond acceptors (Lipinski definition) is 2. The highest BCUT2D eigenvalue weighted by molar-refractivity contribution is 4.66. The molecule has 0 saturated heterocycles. The van der Waals surface area contributed by atoms with Crippen LogP contribution in [-0.2, 0) is 0 Å². The van der Waals surface area contributed by atoms with Crippen LogP contribution in [0.4, 0.5) is 0 Å². The van der Waals surface area contributed by atoms with Crippen LogP contribution in [0.15, 0.2) is 0 Å². The van der Waals surface area contributed by atoms with Crippen molar-refractivity contribution in [2.24, 2.45) is 5.73 Å². The minimum atomic E-state index is 0.385. The van der Waals surface area contributed by atoms with Gasteiger partial charge >= 0.3 is 0 Å². The fourth-order valence-electron chi connectivity index (χ4n) is 1.43. The minimum absolute atomic E-state index is 0.385. The van der Waals surface area contributed by atoms with Crippen molar-refractivity contribution in [2.45, 2.75) is 58.5 Å². The fourth-order valence-corrected chi connectivity index (χ4v) is 1.43. The van der Waals surface area contributed by atoms with Gasteiger partial charge in [0.2, 0.25) is 0 Å². The Labute approximate surface area is 83.5 Å². The Morgan fingerprint density at radius 1 is 1.23 bits per heavy atom. The summed E-state index contributed by atoms with van der Waals surface area (Å²) in [6, 6.07) is 1.09. The maximum absolute atomic E-state index is 5.87. The molecule has 80 valence electrons. The standard InChI is InChI=1S/C11H26N2/c1-5-7-10(3)13(4)9-8-11(12)6-2/h10-11H,5-9,12H2,1-4H3. The van der Waals surface area contributed by atoms with Crippen molar-refractivity contribution in [3.05, 3.63) is 0 Å². The first-order chi connectivity index (χ1) is 6.11. The second-order valence-corrected chi connectivity index (χ2v) is 4.08. The number of nitrogens with zero attached hydrogens (tertiary/aromatic N) is 1. The average Bonchev–Trinajstić information content (AvgIpc) is 2.13. The van der Waals surface area contributed by atoms with Crippen LogP contribution in [0.5, 0.6) is 0 Å². The monoisotopic (exact) mass is 186 g/mol. The van der Waals surface area contributed by atoms with Gasteiger partial charge in [-0.25, -0.2) is 0 Å². The van der Waals surface area contributed by atoms with Gasteiger partial charge < -0.3 is 10.6 Å². The lowest BCUT2D eigenvalue weighted by atomic mass is 10.1. The quantitative estimate of drug-likeness (QED) is 0.660. The molecule has 0 spiro atoms. The zero-order valence-corrected chi connectivity index (χ0v) is 9.71. The summed E-state index contributed by atoms with van der Waals surface area (Å²) >= 11 is 0. The molecular formula is C11H26N2. The van der Waals surface area contributed by atoms with Gasteiger partial charge in [0.05, 0.1) is 0 Å². The van der Waals surface area contributed by atoms with Gasteiger partial charge in [0.25, 0.3) is 0 Å². The van der Waals surface area contributed by atoms with E-state index in [0.717, 1.165) is 19.4 Å². The summed E-state index contributed by atoms with van der Waals surface area (Å²) < 4.78 is 0. The normalized spacial score (nSPS) is 16.2. The molecule has 0 bridgehead atoms. The summed E-state index contributed by atoms with van der Waals surface area (Å²) in [5.41, 5.74) is 5.87. The topological polar surface area (TPSA) is 29.3 Å². The number of rotatable bonds is 7. The van der Waals surface area contributed by atoms with Crippen LogP contribution in [0.1, 0.15) is 46.5 Å². The molecular weight excluding hydrogens is 160 g/mol. The molecule has 2 unspecified atom stereocenters. The van der Waals surface area contributed by atoms with Gasteiger partial charge in [-0.05, 0) is 39.8 Å². The Hall–Kier alpha value is -0.0800. The molecule has 13 heavy (non-hydrogen) atoms. The number of nitrogens with two attached hydrogens (primary N) is 1. The van der Waals surface area contributed by atoms with Crippen molar-refractivity contribution >= 4 is 0 Å². The molecule has 0 rings (SSSR count). The van der Waals surface area contributed by atoms with Gasteiger partial charge in [-0.1, -0.05) is 20.3 Å². The third-order valence-corrected chi connectivity index (χ3v) is 2.84. The Morgan fingerprint density at radius 3 is 2.31 bits per heavy atom. The molecule has 0 fully saturated rings. The lowest BCUT2D eigenvalue weighted by molar-refractivity contribution is 0.235. The smallest absolute Gasteiger partial charge is 0.00637 e. The average molecular weight is 186 g/mol. The van der Waals surface area contributed by atoms with Crippen LogP contribution in [0.2, 0.25) is 0 Å². The predicted octanol–water partition coefficient (Wildman–Crippen LogP) is 2.23. The van der Waals surface area contributed by atoms with Crippen molar-refractivity contribution in [3.8, 4) is 0 Å². The van der Waals surface area contributed by atoms with Gasteiger partial charge in [0.1, 0.15) is 0 Å². The first kappa shape index (κ1) is 12.9. The van der Waals surface area contributed by atoms with E-state index in [4.69, 9.17) is 5.73 Å². The Kier molecular flexibility index (Phi) is 7.29. The van der Waals surface area contributed by atoms with Gasteiger partial charge in [0.15, 0.2) is 0 Å². The molecule has 2 atom stereocenters. The molecule has 0 amide bonds. The van der Waals surface area contributed by atoms with Crippen molar-refractivity contribution in [1.82, 2.24) is 4.90 Å². The van der Waals surface area contributed by atoms with Crippen molar-refractivity contribution < 1.29 is 0 Å². The first-order valence-corrected chi connectivity index (χ1v) is 5.57. The van der Waals surface area contributed by atoms with Gasteiger partial charge in [-0.15, -0.1) is 0 Å². The highest BCUT2D eigenvalue weighted by Crippen LogP contribution is 2.05. The van der Waals surface area contributed by atoms with Crippen LogP contribution in [-0.4, -0.2) is 30.6 Å². The summed E-state index contributed by atoms with van der Waals surface area (Å²) in [7, 11) is 2.20. The lowest BCUT2D eigenvalue weighted by Crippen LogP contribution is -2.33. The van der Waals surface area contributed by atoms with E-state index in [1.54, 1.807) is 0 Å². The molecule has 2 nitrogen and oxygen atoms in total. The molecule has 2 heteroatoms. The third-order valence-electron chi connectivity index (χ3n) is 2.84. The van der Waals surface area contributed by atoms with E-state index in [9.17, 15) is 0 Å². The summed E-state index contributed by atoms with van der Waals surface area (Å²) in [5, 5.41) is 0. The molecule has 0 aliphatic rings. The SMILES string of the molecule is CCCC(C)N(C)CCC(N)CC. The summed E-state index contributed by atoms with van der Waals surface area (Å²) in [5.74, 6) is 0. The summed E-state index contributed by atoms with van der Waals surface area (Å²) in [6.45, 7) is 7.82. The Morgan fingerprint density at radius 2 is 1.85 bits per heavy atom. The van der Waals surface area contributed by atoms with Crippen LogP contribution in [0, 0.1) is 0 Å². The van der Waals surface area contributed by atoms with E-state index in [-0.39, 0.29) is 0 Å². The molecule has 0 aromatic heterocycles. The Balaban J connectivity index is 3.54. The van der Waals surface area contributed by atoms with Crippen molar-refractivity contribution in [3.63, 3.8) is 0 Å². The highest BCUT2D eigenvalue weighted by Gasteiger charge is 2.08. The maximum Gasteiger partial charge on any atom is 0.00637 e.